The van der Waals surface area contributed by atoms with Crippen molar-refractivity contribution in [1.29, 1.82) is 0 Å². The number of aliphatic hydroxyl groups is 3. The average Bonchev–Trinajstić information content (AvgIpc) is 3.15. The fourth-order valence-electron chi connectivity index (χ4n) is 7.26. The van der Waals surface area contributed by atoms with Gasteiger partial charge in [0.15, 0.2) is 6.10 Å². The molecular weight excluding hydrogens is 416 g/mol. The Kier molecular flexibility index (Phi) is 5.12. The summed E-state index contributed by atoms with van der Waals surface area (Å²) in [7, 11) is 0. The molecule has 8 heteroatoms. The number of esters is 2. The quantitative estimate of drug-likeness (QED) is 0.585. The molecular formula is C24H34O8. The van der Waals surface area contributed by atoms with Crippen LogP contribution in [0.3, 0.4) is 0 Å². The van der Waals surface area contributed by atoms with Crippen LogP contribution in [0.4, 0.5) is 0 Å². The molecule has 3 aliphatic rings. The van der Waals surface area contributed by atoms with Gasteiger partial charge in [-0.1, -0.05) is 20.8 Å². The lowest BCUT2D eigenvalue weighted by Gasteiger charge is -2.70. The summed E-state index contributed by atoms with van der Waals surface area (Å²) in [4.78, 5) is 24.4. The molecule has 8 atom stereocenters. The predicted octanol–water partition coefficient (Wildman–Crippen LogP) is 2.07. The summed E-state index contributed by atoms with van der Waals surface area (Å²) in [5.74, 6) is -1.96. The molecule has 4 rings (SSSR count). The molecule has 32 heavy (non-hydrogen) atoms. The van der Waals surface area contributed by atoms with Crippen LogP contribution in [0, 0.1) is 22.7 Å². The Morgan fingerprint density at radius 3 is 2.31 bits per heavy atom. The number of aliphatic hydroxyl groups excluding tert-OH is 1. The van der Waals surface area contributed by atoms with E-state index in [0.717, 1.165) is 0 Å². The topological polar surface area (TPSA) is 126 Å². The highest BCUT2D eigenvalue weighted by Gasteiger charge is 2.77. The standard InChI is InChI=1S/C24H34O8/c1-12(25)31-19-18-15(11-16-14(8-10-30-16)23(18,6)28)22(5)17(27)7-9-21(3,4)24(22,29)20(19)32-13(2)26/h8,10,15,17-20,27-29H,7,9,11H2,1-6H3/t15-,17-,18-,19+,20-,22-,23+,24+/m0/s1. The molecule has 3 aliphatic carbocycles. The third-order valence-corrected chi connectivity index (χ3v) is 8.80. The van der Waals surface area contributed by atoms with Gasteiger partial charge in [-0.2, -0.15) is 0 Å². The van der Waals surface area contributed by atoms with E-state index >= 15 is 0 Å². The minimum Gasteiger partial charge on any atom is -0.469 e. The van der Waals surface area contributed by atoms with Crippen molar-refractivity contribution >= 4 is 11.9 Å². The molecule has 2 fully saturated rings. The third-order valence-electron chi connectivity index (χ3n) is 8.80. The molecule has 178 valence electrons. The Morgan fingerprint density at radius 1 is 1.09 bits per heavy atom. The second kappa shape index (κ2) is 7.05. The number of hydrogen-bond donors (Lipinski definition) is 3. The monoisotopic (exact) mass is 450 g/mol. The van der Waals surface area contributed by atoms with Crippen LogP contribution < -0.4 is 0 Å². The molecule has 1 aromatic heterocycles. The minimum atomic E-state index is -1.75. The van der Waals surface area contributed by atoms with Crippen LogP contribution in [-0.2, 0) is 31.1 Å². The van der Waals surface area contributed by atoms with Gasteiger partial charge in [0.25, 0.3) is 0 Å². The number of carbonyl (C=O) groups excluding carboxylic acids is 2. The largest absolute Gasteiger partial charge is 0.469 e. The maximum absolute atomic E-state index is 12.5. The summed E-state index contributed by atoms with van der Waals surface area (Å²) in [5, 5.41) is 35.7. The van der Waals surface area contributed by atoms with Crippen molar-refractivity contribution in [3.8, 4) is 0 Å². The van der Waals surface area contributed by atoms with E-state index in [9.17, 15) is 24.9 Å². The van der Waals surface area contributed by atoms with Gasteiger partial charge in [-0.25, -0.2) is 0 Å². The fraction of sp³-hybridized carbons (Fsp3) is 0.750. The van der Waals surface area contributed by atoms with Gasteiger partial charge in [-0.05, 0) is 37.2 Å². The van der Waals surface area contributed by atoms with Crippen LogP contribution in [-0.4, -0.2) is 51.2 Å². The maximum atomic E-state index is 12.5. The van der Waals surface area contributed by atoms with Gasteiger partial charge in [0.05, 0.1) is 18.0 Å². The molecule has 0 unspecified atom stereocenters. The lowest BCUT2D eigenvalue weighted by atomic mass is 9.38. The van der Waals surface area contributed by atoms with Gasteiger partial charge in [0.1, 0.15) is 17.5 Å². The second-order valence-electron chi connectivity index (χ2n) is 10.8. The predicted molar refractivity (Wildman–Crippen MR) is 112 cm³/mol. The molecule has 0 amide bonds. The number of furan rings is 1. The number of rotatable bonds is 2. The number of fused-ring (bicyclic) bond motifs is 4. The van der Waals surface area contributed by atoms with E-state index in [0.29, 0.717) is 30.6 Å². The van der Waals surface area contributed by atoms with Crippen molar-refractivity contribution < 1.29 is 38.8 Å². The summed E-state index contributed by atoms with van der Waals surface area (Å²) in [6, 6.07) is 1.68. The number of carbonyl (C=O) groups is 2. The smallest absolute Gasteiger partial charge is 0.303 e. The summed E-state index contributed by atoms with van der Waals surface area (Å²) in [6.45, 7) is 9.64. The van der Waals surface area contributed by atoms with Crippen LogP contribution in [0.1, 0.15) is 65.7 Å². The van der Waals surface area contributed by atoms with Gasteiger partial charge < -0.3 is 29.2 Å². The first-order valence-electron chi connectivity index (χ1n) is 11.2. The Hall–Kier alpha value is -1.90. The van der Waals surface area contributed by atoms with E-state index in [1.165, 1.54) is 20.1 Å². The second-order valence-corrected chi connectivity index (χ2v) is 10.8. The van der Waals surface area contributed by atoms with Crippen molar-refractivity contribution in [3.05, 3.63) is 23.7 Å². The third kappa shape index (κ3) is 2.78. The zero-order valence-corrected chi connectivity index (χ0v) is 19.5. The number of hydrogen-bond acceptors (Lipinski definition) is 8. The van der Waals surface area contributed by atoms with Crippen LogP contribution in [0.2, 0.25) is 0 Å². The molecule has 1 aromatic rings. The first-order valence-corrected chi connectivity index (χ1v) is 11.2. The lowest BCUT2D eigenvalue weighted by Crippen LogP contribution is -2.81. The van der Waals surface area contributed by atoms with E-state index < -0.39 is 64.1 Å². The van der Waals surface area contributed by atoms with Crippen LogP contribution in [0.25, 0.3) is 0 Å². The molecule has 0 spiro atoms. The van der Waals surface area contributed by atoms with Crippen LogP contribution in [0.5, 0.6) is 0 Å². The highest BCUT2D eigenvalue weighted by molar-refractivity contribution is 5.68. The van der Waals surface area contributed by atoms with Crippen molar-refractivity contribution in [2.75, 3.05) is 0 Å². The van der Waals surface area contributed by atoms with E-state index in [4.69, 9.17) is 13.9 Å². The van der Waals surface area contributed by atoms with Crippen LogP contribution >= 0.6 is 0 Å². The molecule has 0 saturated heterocycles. The van der Waals surface area contributed by atoms with Gasteiger partial charge in [0, 0.05) is 37.2 Å². The average molecular weight is 451 g/mol. The van der Waals surface area contributed by atoms with E-state index in [-0.39, 0.29) is 0 Å². The lowest BCUT2D eigenvalue weighted by molar-refractivity contribution is -0.350. The first-order chi connectivity index (χ1) is 14.7. The van der Waals surface area contributed by atoms with E-state index in [1.807, 2.05) is 13.8 Å². The van der Waals surface area contributed by atoms with Crippen molar-refractivity contribution in [2.24, 2.45) is 22.7 Å². The highest BCUT2D eigenvalue weighted by Crippen LogP contribution is 2.68. The minimum absolute atomic E-state index is 0.333. The zero-order chi connectivity index (χ0) is 23.9. The molecule has 2 saturated carbocycles. The molecule has 3 N–H and O–H groups in total. The van der Waals surface area contributed by atoms with Crippen molar-refractivity contribution in [2.45, 2.75) is 90.3 Å². The Morgan fingerprint density at radius 2 is 1.72 bits per heavy atom. The molecule has 8 nitrogen and oxygen atoms in total. The molecule has 1 heterocycles. The van der Waals surface area contributed by atoms with Crippen molar-refractivity contribution in [1.82, 2.24) is 0 Å². The summed E-state index contributed by atoms with van der Waals surface area (Å²) >= 11 is 0. The van der Waals surface area contributed by atoms with Crippen LogP contribution in [0.15, 0.2) is 16.7 Å². The normalized spacial score (nSPS) is 44.6. The van der Waals surface area contributed by atoms with Gasteiger partial charge >= 0.3 is 11.9 Å². The highest BCUT2D eigenvalue weighted by atomic mass is 16.6. The number of ether oxygens (including phenoxy) is 2. The SMILES string of the molecule is CC(=O)O[C@@H]1[C@@H]2[C@H](Cc3occc3[C@@]2(C)O)[C@@]2(C)[C@@H](O)CCC(C)(C)[C@]2(O)[C@H]1OC(C)=O. The van der Waals surface area contributed by atoms with Gasteiger partial charge in [0.2, 0.25) is 0 Å². The summed E-state index contributed by atoms with van der Waals surface area (Å²) in [6.07, 6.45) is -0.590. The zero-order valence-electron chi connectivity index (χ0n) is 19.5. The van der Waals surface area contributed by atoms with Gasteiger partial charge in [-0.3, -0.25) is 9.59 Å². The Balaban J connectivity index is 2.03. The Bertz CT molecular complexity index is 932. The maximum Gasteiger partial charge on any atom is 0.303 e. The molecule has 0 bridgehead atoms. The fourth-order valence-corrected chi connectivity index (χ4v) is 7.26. The van der Waals surface area contributed by atoms with Crippen molar-refractivity contribution in [3.63, 3.8) is 0 Å². The summed E-state index contributed by atoms with van der Waals surface area (Å²) < 4.78 is 17.1. The van der Waals surface area contributed by atoms with E-state index in [1.54, 1.807) is 19.9 Å². The molecule has 0 aliphatic heterocycles. The molecule has 0 radical (unpaired) electrons. The van der Waals surface area contributed by atoms with Gasteiger partial charge in [-0.15, -0.1) is 0 Å². The molecule has 0 aromatic carbocycles. The Labute approximate surface area is 187 Å². The van der Waals surface area contributed by atoms with E-state index in [2.05, 4.69) is 0 Å². The first kappa shape index (κ1) is 23.3. The summed E-state index contributed by atoms with van der Waals surface area (Å²) in [5.41, 5.74) is -4.68.